The second-order valence-electron chi connectivity index (χ2n) is 2.20. The summed E-state index contributed by atoms with van der Waals surface area (Å²) in [5.41, 5.74) is 1.98. The van der Waals surface area contributed by atoms with Gasteiger partial charge in [0.2, 0.25) is 0 Å². The van der Waals surface area contributed by atoms with Crippen LogP contribution in [0.3, 0.4) is 0 Å². The third-order valence-corrected chi connectivity index (χ3v) is 1.30. The zero-order valence-electron chi connectivity index (χ0n) is 6.57. The Bertz CT molecular complexity index is 321. The maximum Gasteiger partial charge on any atom is 0.190 e. The smallest absolute Gasteiger partial charge is 0.190 e. The van der Waals surface area contributed by atoms with E-state index in [0.717, 1.165) is 0 Å². The standard InChI is InChI=1S/C8H7FN2O2/c9-6-1-3-7(4-2-6)10-8(5-12)11-13/h1-5,13H,(H,10,11). The van der Waals surface area contributed by atoms with E-state index in [4.69, 9.17) is 5.21 Å². The first kappa shape index (κ1) is 9.34. The van der Waals surface area contributed by atoms with Gasteiger partial charge in [0.05, 0.1) is 5.69 Å². The Morgan fingerprint density at radius 3 is 2.54 bits per heavy atom. The van der Waals surface area contributed by atoms with E-state index in [1.54, 1.807) is 5.48 Å². The molecule has 1 aromatic carbocycles. The number of hydroxylamine groups is 1. The van der Waals surface area contributed by atoms with Crippen molar-refractivity contribution >= 4 is 17.8 Å². The number of amidine groups is 1. The molecule has 0 heterocycles. The molecule has 0 aliphatic carbocycles. The third-order valence-electron chi connectivity index (χ3n) is 1.30. The second-order valence-corrected chi connectivity index (χ2v) is 2.20. The van der Waals surface area contributed by atoms with Gasteiger partial charge in [-0.05, 0) is 24.3 Å². The van der Waals surface area contributed by atoms with Gasteiger partial charge in [0.1, 0.15) is 5.82 Å². The molecule has 0 unspecified atom stereocenters. The molecule has 1 rings (SSSR count). The second kappa shape index (κ2) is 4.32. The van der Waals surface area contributed by atoms with Gasteiger partial charge in [-0.3, -0.25) is 10.0 Å². The highest BCUT2D eigenvalue weighted by Crippen LogP contribution is 2.11. The highest BCUT2D eigenvalue weighted by atomic mass is 19.1. The number of nitrogens with one attached hydrogen (secondary N) is 1. The number of rotatable bonds is 2. The van der Waals surface area contributed by atoms with E-state index in [0.29, 0.717) is 12.0 Å². The molecular weight excluding hydrogens is 175 g/mol. The molecule has 0 saturated heterocycles. The largest absolute Gasteiger partial charge is 0.294 e. The lowest BCUT2D eigenvalue weighted by Crippen LogP contribution is -2.19. The van der Waals surface area contributed by atoms with E-state index in [1.807, 2.05) is 0 Å². The summed E-state index contributed by atoms with van der Waals surface area (Å²) < 4.78 is 12.4. The Morgan fingerprint density at radius 1 is 1.46 bits per heavy atom. The Labute approximate surface area is 73.7 Å². The molecule has 2 N–H and O–H groups in total. The van der Waals surface area contributed by atoms with Crippen LogP contribution >= 0.6 is 0 Å². The summed E-state index contributed by atoms with van der Waals surface area (Å²) >= 11 is 0. The summed E-state index contributed by atoms with van der Waals surface area (Å²) in [5.74, 6) is -0.616. The summed E-state index contributed by atoms with van der Waals surface area (Å²) in [5, 5.41) is 8.36. The number of hydrogen-bond acceptors (Lipinski definition) is 3. The van der Waals surface area contributed by atoms with Crippen molar-refractivity contribution in [2.24, 2.45) is 4.99 Å². The predicted molar refractivity (Wildman–Crippen MR) is 44.5 cm³/mol. The number of hydrogen-bond donors (Lipinski definition) is 2. The van der Waals surface area contributed by atoms with Crippen molar-refractivity contribution in [1.82, 2.24) is 5.48 Å². The molecule has 0 aliphatic rings. The van der Waals surface area contributed by atoms with Gasteiger partial charge in [-0.2, -0.15) is 0 Å². The number of carbonyl (C=O) groups is 1. The maximum atomic E-state index is 12.4. The zero-order chi connectivity index (χ0) is 9.68. The van der Waals surface area contributed by atoms with Crippen LogP contribution in [0.4, 0.5) is 10.1 Å². The first-order chi connectivity index (χ1) is 6.26. The molecule has 68 valence electrons. The van der Waals surface area contributed by atoms with Crippen LogP contribution in [0.15, 0.2) is 29.3 Å². The molecule has 0 atom stereocenters. The fourth-order valence-corrected chi connectivity index (χ4v) is 0.732. The molecule has 0 bridgehead atoms. The number of carbonyl (C=O) groups excluding carboxylic acids is 1. The van der Waals surface area contributed by atoms with E-state index in [-0.39, 0.29) is 11.7 Å². The van der Waals surface area contributed by atoms with Crippen molar-refractivity contribution in [3.05, 3.63) is 30.1 Å². The van der Waals surface area contributed by atoms with Crippen molar-refractivity contribution in [1.29, 1.82) is 0 Å². The summed E-state index contributed by atoms with van der Waals surface area (Å²) in [6, 6.07) is 5.18. The monoisotopic (exact) mass is 182 g/mol. The number of aliphatic imine (C=N–C) groups is 1. The van der Waals surface area contributed by atoms with Gasteiger partial charge in [0.15, 0.2) is 12.1 Å². The van der Waals surface area contributed by atoms with Crippen LogP contribution in [-0.2, 0) is 4.79 Å². The summed E-state index contributed by atoms with van der Waals surface area (Å²) in [4.78, 5) is 13.8. The lowest BCUT2D eigenvalue weighted by Gasteiger charge is -1.95. The van der Waals surface area contributed by atoms with E-state index >= 15 is 0 Å². The Morgan fingerprint density at radius 2 is 2.08 bits per heavy atom. The fraction of sp³-hybridized carbons (Fsp3) is 0. The Balaban J connectivity index is 2.90. The number of benzene rings is 1. The lowest BCUT2D eigenvalue weighted by molar-refractivity contribution is -0.103. The molecule has 1 aromatic rings. The number of aldehydes is 1. The van der Waals surface area contributed by atoms with Crippen LogP contribution in [0.5, 0.6) is 0 Å². The quantitative estimate of drug-likeness (QED) is 0.311. The SMILES string of the molecule is O=CC(=Nc1ccc(F)cc1)NO. The summed E-state index contributed by atoms with van der Waals surface area (Å²) in [6.45, 7) is 0. The summed E-state index contributed by atoms with van der Waals surface area (Å²) in [6.07, 6.45) is 0.351. The fourth-order valence-electron chi connectivity index (χ4n) is 0.732. The molecule has 0 spiro atoms. The van der Waals surface area contributed by atoms with Gasteiger partial charge < -0.3 is 0 Å². The first-order valence-electron chi connectivity index (χ1n) is 3.46. The zero-order valence-corrected chi connectivity index (χ0v) is 6.57. The first-order valence-corrected chi connectivity index (χ1v) is 3.46. The van der Waals surface area contributed by atoms with Gasteiger partial charge in [-0.1, -0.05) is 0 Å². The molecule has 0 radical (unpaired) electrons. The predicted octanol–water partition coefficient (Wildman–Crippen LogP) is 1.03. The van der Waals surface area contributed by atoms with Gasteiger partial charge in [0.25, 0.3) is 0 Å². The molecule has 4 nitrogen and oxygen atoms in total. The van der Waals surface area contributed by atoms with E-state index < -0.39 is 0 Å². The van der Waals surface area contributed by atoms with Crippen molar-refractivity contribution in [3.63, 3.8) is 0 Å². The van der Waals surface area contributed by atoms with Crippen LogP contribution in [0.1, 0.15) is 0 Å². The van der Waals surface area contributed by atoms with E-state index in [2.05, 4.69) is 4.99 Å². The van der Waals surface area contributed by atoms with Crippen molar-refractivity contribution in [3.8, 4) is 0 Å². The molecule has 0 fully saturated rings. The molecular formula is C8H7FN2O2. The van der Waals surface area contributed by atoms with E-state index in [9.17, 15) is 9.18 Å². The van der Waals surface area contributed by atoms with Crippen molar-refractivity contribution in [2.45, 2.75) is 0 Å². The third kappa shape index (κ3) is 2.64. The Hall–Kier alpha value is -1.75. The number of nitrogens with zero attached hydrogens (tertiary/aromatic N) is 1. The van der Waals surface area contributed by atoms with Gasteiger partial charge in [-0.25, -0.2) is 14.9 Å². The van der Waals surface area contributed by atoms with Crippen molar-refractivity contribution < 1.29 is 14.4 Å². The molecule has 13 heavy (non-hydrogen) atoms. The molecule has 0 saturated carbocycles. The van der Waals surface area contributed by atoms with Crippen LogP contribution < -0.4 is 5.48 Å². The van der Waals surface area contributed by atoms with Gasteiger partial charge in [-0.15, -0.1) is 0 Å². The highest BCUT2D eigenvalue weighted by Gasteiger charge is 1.95. The van der Waals surface area contributed by atoms with Crippen LogP contribution in [0, 0.1) is 5.82 Å². The van der Waals surface area contributed by atoms with Crippen LogP contribution in [0.25, 0.3) is 0 Å². The van der Waals surface area contributed by atoms with Gasteiger partial charge >= 0.3 is 0 Å². The van der Waals surface area contributed by atoms with Crippen LogP contribution in [0.2, 0.25) is 0 Å². The Kier molecular flexibility index (Phi) is 3.10. The normalized spacial score (nSPS) is 11.1. The number of halogens is 1. The minimum atomic E-state index is -0.386. The topological polar surface area (TPSA) is 61.7 Å². The summed E-state index contributed by atoms with van der Waals surface area (Å²) in [7, 11) is 0. The van der Waals surface area contributed by atoms with Crippen LogP contribution in [-0.4, -0.2) is 17.3 Å². The average molecular weight is 182 g/mol. The molecule has 0 aromatic heterocycles. The minimum absolute atomic E-state index is 0.230. The highest BCUT2D eigenvalue weighted by molar-refractivity contribution is 6.27. The average Bonchev–Trinajstić information content (AvgIpc) is 2.17. The minimum Gasteiger partial charge on any atom is -0.294 e. The van der Waals surface area contributed by atoms with Gasteiger partial charge in [0, 0.05) is 0 Å². The molecule has 5 heteroatoms. The maximum absolute atomic E-state index is 12.4. The molecule has 0 amide bonds. The molecule has 0 aliphatic heterocycles. The lowest BCUT2D eigenvalue weighted by atomic mass is 10.3. The van der Waals surface area contributed by atoms with E-state index in [1.165, 1.54) is 24.3 Å². The van der Waals surface area contributed by atoms with Crippen molar-refractivity contribution in [2.75, 3.05) is 0 Å².